The van der Waals surface area contributed by atoms with Crippen molar-refractivity contribution in [1.82, 2.24) is 4.90 Å². The molecule has 0 saturated carbocycles. The highest BCUT2D eigenvalue weighted by Crippen LogP contribution is 2.37. The molecule has 0 radical (unpaired) electrons. The normalized spacial score (nSPS) is 19.4. The molecular formula is C14H22N2. The van der Waals surface area contributed by atoms with Crippen molar-refractivity contribution in [1.29, 1.82) is 0 Å². The summed E-state index contributed by atoms with van der Waals surface area (Å²) in [5, 5.41) is 0. The van der Waals surface area contributed by atoms with Gasteiger partial charge in [-0.05, 0) is 36.0 Å². The summed E-state index contributed by atoms with van der Waals surface area (Å²) in [6.45, 7) is 8.15. The maximum absolute atomic E-state index is 5.78. The average Bonchev–Trinajstić information content (AvgIpc) is 2.23. The van der Waals surface area contributed by atoms with Gasteiger partial charge in [0.2, 0.25) is 0 Å². The molecule has 0 unspecified atom stereocenters. The van der Waals surface area contributed by atoms with E-state index in [0.717, 1.165) is 12.2 Å². The molecule has 2 rings (SSSR count). The lowest BCUT2D eigenvalue weighted by Crippen LogP contribution is -2.54. The van der Waals surface area contributed by atoms with Crippen molar-refractivity contribution in [2.75, 3.05) is 18.8 Å². The summed E-state index contributed by atoms with van der Waals surface area (Å²) in [4.78, 5) is 2.52. The third kappa shape index (κ3) is 2.22. The summed E-state index contributed by atoms with van der Waals surface area (Å²) in [7, 11) is 0. The van der Waals surface area contributed by atoms with Crippen molar-refractivity contribution in [3.05, 3.63) is 29.8 Å². The summed E-state index contributed by atoms with van der Waals surface area (Å²) in [6.07, 6.45) is 2.61. The molecule has 1 saturated heterocycles. The molecule has 0 bridgehead atoms. The molecule has 88 valence electrons. The van der Waals surface area contributed by atoms with Crippen LogP contribution in [-0.2, 0) is 6.54 Å². The van der Waals surface area contributed by atoms with Crippen molar-refractivity contribution in [2.24, 2.45) is 5.41 Å². The fraction of sp³-hybridized carbons (Fsp3) is 0.571. The molecule has 1 heterocycles. The monoisotopic (exact) mass is 218 g/mol. The molecule has 1 aliphatic heterocycles. The van der Waals surface area contributed by atoms with Crippen molar-refractivity contribution < 1.29 is 0 Å². The van der Waals surface area contributed by atoms with E-state index in [-0.39, 0.29) is 0 Å². The zero-order valence-electron chi connectivity index (χ0n) is 10.4. The Labute approximate surface area is 98.4 Å². The summed E-state index contributed by atoms with van der Waals surface area (Å²) in [5.74, 6) is 0. The predicted octanol–water partition coefficient (Wildman–Crippen LogP) is 2.89. The minimum absolute atomic E-state index is 0.598. The van der Waals surface area contributed by atoms with Gasteiger partial charge in [-0.2, -0.15) is 0 Å². The van der Waals surface area contributed by atoms with Crippen LogP contribution < -0.4 is 5.73 Å². The van der Waals surface area contributed by atoms with Crippen LogP contribution in [0.1, 0.15) is 32.3 Å². The molecule has 1 aromatic rings. The molecular weight excluding hydrogens is 196 g/mol. The van der Waals surface area contributed by atoms with Gasteiger partial charge >= 0.3 is 0 Å². The number of rotatable bonds is 4. The Morgan fingerprint density at radius 1 is 1.25 bits per heavy atom. The topological polar surface area (TPSA) is 29.3 Å². The van der Waals surface area contributed by atoms with Crippen molar-refractivity contribution in [3.63, 3.8) is 0 Å². The molecule has 0 spiro atoms. The highest BCUT2D eigenvalue weighted by atomic mass is 15.2. The molecule has 2 nitrogen and oxygen atoms in total. The van der Waals surface area contributed by atoms with E-state index in [9.17, 15) is 0 Å². The largest absolute Gasteiger partial charge is 0.399 e. The Hall–Kier alpha value is -1.02. The highest BCUT2D eigenvalue weighted by molar-refractivity contribution is 5.40. The number of nitrogens with zero attached hydrogens (tertiary/aromatic N) is 1. The predicted molar refractivity (Wildman–Crippen MR) is 69.1 cm³/mol. The number of likely N-dealkylation sites (tertiary alicyclic amines) is 1. The first-order valence-corrected chi connectivity index (χ1v) is 6.24. The van der Waals surface area contributed by atoms with Crippen LogP contribution in [0.2, 0.25) is 0 Å². The van der Waals surface area contributed by atoms with E-state index < -0.39 is 0 Å². The molecule has 0 aliphatic carbocycles. The molecule has 0 atom stereocenters. The zero-order chi connectivity index (χ0) is 11.6. The van der Waals surface area contributed by atoms with Gasteiger partial charge in [0.1, 0.15) is 0 Å². The summed E-state index contributed by atoms with van der Waals surface area (Å²) >= 11 is 0. The maximum atomic E-state index is 5.78. The Bertz CT molecular complexity index is 348. The van der Waals surface area contributed by atoms with E-state index in [1.807, 2.05) is 12.1 Å². The molecule has 0 aromatic heterocycles. The van der Waals surface area contributed by atoms with Gasteiger partial charge in [-0.25, -0.2) is 0 Å². The van der Waals surface area contributed by atoms with Crippen LogP contribution in [-0.4, -0.2) is 18.0 Å². The summed E-state index contributed by atoms with van der Waals surface area (Å²) in [6, 6.07) is 8.23. The van der Waals surface area contributed by atoms with E-state index in [4.69, 9.17) is 5.73 Å². The fourth-order valence-corrected chi connectivity index (χ4v) is 2.66. The molecule has 2 heteroatoms. The second-order valence-electron chi connectivity index (χ2n) is 5.10. The number of nitrogens with two attached hydrogens (primary N) is 1. The van der Waals surface area contributed by atoms with E-state index in [1.54, 1.807) is 0 Å². The average molecular weight is 218 g/mol. The molecule has 1 aliphatic rings. The lowest BCUT2D eigenvalue weighted by Gasteiger charge is -2.50. The van der Waals surface area contributed by atoms with Gasteiger partial charge in [-0.3, -0.25) is 4.90 Å². The van der Waals surface area contributed by atoms with E-state index in [1.165, 1.54) is 31.5 Å². The number of anilines is 1. The Morgan fingerprint density at radius 3 is 2.50 bits per heavy atom. The van der Waals surface area contributed by atoms with Gasteiger partial charge in [-0.1, -0.05) is 26.0 Å². The number of benzene rings is 1. The third-order valence-electron chi connectivity index (χ3n) is 3.98. The van der Waals surface area contributed by atoms with E-state index in [2.05, 4.69) is 30.9 Å². The lowest BCUT2D eigenvalue weighted by atomic mass is 9.75. The van der Waals surface area contributed by atoms with Gasteiger partial charge in [0.15, 0.2) is 0 Å². The summed E-state index contributed by atoms with van der Waals surface area (Å²) in [5.41, 5.74) is 8.58. The fourth-order valence-electron chi connectivity index (χ4n) is 2.66. The van der Waals surface area contributed by atoms with Gasteiger partial charge in [0.25, 0.3) is 0 Å². The zero-order valence-corrected chi connectivity index (χ0v) is 10.4. The maximum Gasteiger partial charge on any atom is 0.0317 e. The third-order valence-corrected chi connectivity index (χ3v) is 3.98. The Morgan fingerprint density at radius 2 is 1.94 bits per heavy atom. The van der Waals surface area contributed by atoms with Gasteiger partial charge in [0, 0.05) is 25.3 Å². The molecule has 1 fully saturated rings. The minimum Gasteiger partial charge on any atom is -0.399 e. The second-order valence-corrected chi connectivity index (χ2v) is 5.10. The van der Waals surface area contributed by atoms with Crippen molar-refractivity contribution in [3.8, 4) is 0 Å². The van der Waals surface area contributed by atoms with Crippen LogP contribution in [0.25, 0.3) is 0 Å². The first-order valence-electron chi connectivity index (χ1n) is 6.24. The van der Waals surface area contributed by atoms with Crippen LogP contribution in [0.4, 0.5) is 5.69 Å². The quantitative estimate of drug-likeness (QED) is 0.787. The molecule has 0 amide bonds. The smallest absolute Gasteiger partial charge is 0.0317 e. The number of hydrogen-bond donors (Lipinski definition) is 1. The number of hydrogen-bond acceptors (Lipinski definition) is 2. The molecule has 1 aromatic carbocycles. The van der Waals surface area contributed by atoms with E-state index >= 15 is 0 Å². The minimum atomic E-state index is 0.598. The van der Waals surface area contributed by atoms with Gasteiger partial charge < -0.3 is 5.73 Å². The van der Waals surface area contributed by atoms with Crippen LogP contribution in [0, 0.1) is 5.41 Å². The second kappa shape index (κ2) is 4.46. The van der Waals surface area contributed by atoms with Crippen LogP contribution >= 0.6 is 0 Å². The van der Waals surface area contributed by atoms with Crippen LogP contribution in [0.15, 0.2) is 24.3 Å². The number of nitrogen functional groups attached to an aromatic ring is 1. The Balaban J connectivity index is 1.90. The van der Waals surface area contributed by atoms with Crippen molar-refractivity contribution in [2.45, 2.75) is 33.2 Å². The first-order chi connectivity index (χ1) is 7.67. The van der Waals surface area contributed by atoms with Crippen LogP contribution in [0.5, 0.6) is 0 Å². The van der Waals surface area contributed by atoms with E-state index in [0.29, 0.717) is 5.41 Å². The Kier molecular flexibility index (Phi) is 3.20. The lowest BCUT2D eigenvalue weighted by molar-refractivity contribution is -0.0120. The summed E-state index contributed by atoms with van der Waals surface area (Å²) < 4.78 is 0. The van der Waals surface area contributed by atoms with Gasteiger partial charge in [0.05, 0.1) is 0 Å². The standard InChI is InChI=1S/C14H22N2/c1-3-14(4-2)10-16(11-14)9-12-6-5-7-13(15)8-12/h5-8H,3-4,9-11,15H2,1-2H3. The molecule has 16 heavy (non-hydrogen) atoms. The van der Waals surface area contributed by atoms with Crippen molar-refractivity contribution >= 4 is 5.69 Å². The first kappa shape index (κ1) is 11.5. The van der Waals surface area contributed by atoms with Crippen LogP contribution in [0.3, 0.4) is 0 Å². The highest BCUT2D eigenvalue weighted by Gasteiger charge is 2.39. The van der Waals surface area contributed by atoms with Gasteiger partial charge in [-0.15, -0.1) is 0 Å². The molecule has 2 N–H and O–H groups in total. The SMILES string of the molecule is CCC1(CC)CN(Cc2cccc(N)c2)C1.